The summed E-state index contributed by atoms with van der Waals surface area (Å²) >= 11 is 6.11. The summed E-state index contributed by atoms with van der Waals surface area (Å²) < 4.78 is 43.9. The maximum atomic E-state index is 13.1. The van der Waals surface area contributed by atoms with E-state index in [0.717, 1.165) is 10.6 Å². The first-order valence-electron chi connectivity index (χ1n) is 8.43. The van der Waals surface area contributed by atoms with Crippen molar-refractivity contribution in [2.45, 2.75) is 25.9 Å². The van der Waals surface area contributed by atoms with E-state index >= 15 is 0 Å². The molecule has 2 unspecified atom stereocenters. The molecule has 2 rings (SSSR count). The average Bonchev–Trinajstić information content (AvgIpc) is 2.61. The number of carbonyl (C=O) groups excluding carboxylic acids is 1. The molecule has 0 saturated carbocycles. The summed E-state index contributed by atoms with van der Waals surface area (Å²) in [6.45, 7) is 3.21. The summed E-state index contributed by atoms with van der Waals surface area (Å²) in [6.07, 6.45) is 1.01. The van der Waals surface area contributed by atoms with Crippen LogP contribution in [-0.4, -0.2) is 33.7 Å². The highest BCUT2D eigenvalue weighted by atomic mass is 35.5. The molecule has 9 heteroatoms. The van der Waals surface area contributed by atoms with E-state index < -0.39 is 28.0 Å². The van der Waals surface area contributed by atoms with Crippen molar-refractivity contribution in [2.24, 2.45) is 0 Å². The number of ether oxygens (including phenoxy) is 1. The van der Waals surface area contributed by atoms with Crippen molar-refractivity contribution in [1.29, 1.82) is 0 Å². The zero-order valence-electron chi connectivity index (χ0n) is 15.9. The zero-order chi connectivity index (χ0) is 21.1. The largest absolute Gasteiger partial charge is 0.495 e. The van der Waals surface area contributed by atoms with Gasteiger partial charge in [-0.05, 0) is 49.7 Å². The van der Waals surface area contributed by atoms with Gasteiger partial charge in [-0.1, -0.05) is 23.7 Å². The van der Waals surface area contributed by atoms with Crippen LogP contribution in [0.1, 0.15) is 25.5 Å². The minimum atomic E-state index is -3.78. The molecule has 2 aromatic carbocycles. The van der Waals surface area contributed by atoms with Gasteiger partial charge in [0.15, 0.2) is 0 Å². The van der Waals surface area contributed by atoms with Gasteiger partial charge in [0.2, 0.25) is 15.9 Å². The van der Waals surface area contributed by atoms with E-state index in [1.807, 2.05) is 0 Å². The Morgan fingerprint density at radius 2 is 1.79 bits per heavy atom. The molecule has 1 amide bonds. The molecular formula is C19H22ClFN2O4S. The fourth-order valence-corrected chi connectivity index (χ4v) is 4.19. The molecule has 0 aliphatic carbocycles. The topological polar surface area (TPSA) is 75.7 Å². The van der Waals surface area contributed by atoms with Crippen molar-refractivity contribution in [2.75, 3.05) is 17.7 Å². The maximum absolute atomic E-state index is 13.1. The Hall–Kier alpha value is -2.32. The molecule has 0 bridgehead atoms. The summed E-state index contributed by atoms with van der Waals surface area (Å²) in [6, 6.07) is 8.70. The predicted molar refractivity (Wildman–Crippen MR) is 108 cm³/mol. The van der Waals surface area contributed by atoms with Crippen molar-refractivity contribution in [1.82, 2.24) is 5.32 Å². The number of sulfonamides is 1. The molecule has 2 atom stereocenters. The quantitative estimate of drug-likeness (QED) is 0.732. The molecule has 28 heavy (non-hydrogen) atoms. The van der Waals surface area contributed by atoms with Gasteiger partial charge in [0.05, 0.1) is 30.1 Å². The van der Waals surface area contributed by atoms with Crippen LogP contribution in [0.4, 0.5) is 10.1 Å². The van der Waals surface area contributed by atoms with Crippen LogP contribution in [0.3, 0.4) is 0 Å². The zero-order valence-corrected chi connectivity index (χ0v) is 17.5. The first-order chi connectivity index (χ1) is 13.0. The van der Waals surface area contributed by atoms with E-state index in [1.165, 1.54) is 44.4 Å². The summed E-state index contributed by atoms with van der Waals surface area (Å²) in [5.74, 6) is -0.495. The molecule has 2 aromatic rings. The Bertz CT molecular complexity index is 951. The lowest BCUT2D eigenvalue weighted by Gasteiger charge is -2.29. The van der Waals surface area contributed by atoms with Crippen molar-refractivity contribution in [3.05, 3.63) is 58.9 Å². The number of amides is 1. The van der Waals surface area contributed by atoms with Crippen molar-refractivity contribution in [3.63, 3.8) is 0 Å². The minimum absolute atomic E-state index is 0.223. The molecule has 1 N–H and O–H groups in total. The number of nitrogens with one attached hydrogen (secondary N) is 1. The highest BCUT2D eigenvalue weighted by Crippen LogP contribution is 2.31. The lowest BCUT2D eigenvalue weighted by atomic mass is 10.1. The van der Waals surface area contributed by atoms with Crippen LogP contribution in [0.15, 0.2) is 42.5 Å². The van der Waals surface area contributed by atoms with Crippen LogP contribution < -0.4 is 14.4 Å². The second kappa shape index (κ2) is 8.79. The molecule has 0 aliphatic heterocycles. The Morgan fingerprint density at radius 1 is 1.18 bits per heavy atom. The first kappa shape index (κ1) is 22.0. The number of hydrogen-bond acceptors (Lipinski definition) is 4. The van der Waals surface area contributed by atoms with Crippen molar-refractivity contribution in [3.8, 4) is 5.75 Å². The molecular weight excluding hydrogens is 407 g/mol. The normalized spacial score (nSPS) is 13.5. The van der Waals surface area contributed by atoms with E-state index in [9.17, 15) is 17.6 Å². The SMILES string of the molecule is COc1ccc(N(C(C)C(=O)NC(C)c2ccc(F)cc2)S(C)(=O)=O)cc1Cl. The van der Waals surface area contributed by atoms with Gasteiger partial charge in [0.1, 0.15) is 17.6 Å². The lowest BCUT2D eigenvalue weighted by Crippen LogP contribution is -2.48. The van der Waals surface area contributed by atoms with Gasteiger partial charge < -0.3 is 10.1 Å². The Labute approximate surface area is 169 Å². The van der Waals surface area contributed by atoms with Gasteiger partial charge >= 0.3 is 0 Å². The monoisotopic (exact) mass is 428 g/mol. The maximum Gasteiger partial charge on any atom is 0.244 e. The van der Waals surface area contributed by atoms with E-state index in [0.29, 0.717) is 11.3 Å². The number of halogens is 2. The molecule has 152 valence electrons. The third-order valence-electron chi connectivity index (χ3n) is 4.21. The van der Waals surface area contributed by atoms with Crippen LogP contribution in [0.2, 0.25) is 5.02 Å². The Morgan fingerprint density at radius 3 is 2.29 bits per heavy atom. The molecule has 0 aromatic heterocycles. The van der Waals surface area contributed by atoms with Gasteiger partial charge in [0.25, 0.3) is 0 Å². The number of anilines is 1. The summed E-state index contributed by atoms with van der Waals surface area (Å²) in [5, 5.41) is 2.97. The number of hydrogen-bond donors (Lipinski definition) is 1. The van der Waals surface area contributed by atoms with Crippen LogP contribution in [0.5, 0.6) is 5.75 Å². The second-order valence-electron chi connectivity index (χ2n) is 6.34. The average molecular weight is 429 g/mol. The lowest BCUT2D eigenvalue weighted by molar-refractivity contribution is -0.122. The number of methoxy groups -OCH3 is 1. The molecule has 0 spiro atoms. The first-order valence-corrected chi connectivity index (χ1v) is 10.7. The summed E-state index contributed by atoms with van der Waals surface area (Å²) in [7, 11) is -2.33. The van der Waals surface area contributed by atoms with Gasteiger partial charge in [-0.15, -0.1) is 0 Å². The summed E-state index contributed by atoms with van der Waals surface area (Å²) in [4.78, 5) is 12.7. The van der Waals surface area contributed by atoms with E-state index in [-0.39, 0.29) is 16.5 Å². The molecule has 0 aliphatic rings. The highest BCUT2D eigenvalue weighted by molar-refractivity contribution is 7.92. The third-order valence-corrected chi connectivity index (χ3v) is 5.74. The van der Waals surface area contributed by atoms with Crippen LogP contribution >= 0.6 is 11.6 Å². The smallest absolute Gasteiger partial charge is 0.244 e. The fourth-order valence-electron chi connectivity index (χ4n) is 2.77. The van der Waals surface area contributed by atoms with Crippen LogP contribution in [0, 0.1) is 5.82 Å². The van der Waals surface area contributed by atoms with Gasteiger partial charge in [0, 0.05) is 0 Å². The second-order valence-corrected chi connectivity index (χ2v) is 8.60. The number of rotatable bonds is 7. The van der Waals surface area contributed by atoms with E-state index in [1.54, 1.807) is 19.1 Å². The van der Waals surface area contributed by atoms with Crippen LogP contribution in [-0.2, 0) is 14.8 Å². The molecule has 0 radical (unpaired) electrons. The fraction of sp³-hybridized carbons (Fsp3) is 0.316. The molecule has 0 saturated heterocycles. The van der Waals surface area contributed by atoms with E-state index in [4.69, 9.17) is 16.3 Å². The molecule has 0 fully saturated rings. The van der Waals surface area contributed by atoms with Crippen molar-refractivity contribution >= 4 is 33.2 Å². The highest BCUT2D eigenvalue weighted by Gasteiger charge is 2.30. The number of benzene rings is 2. The Kier molecular flexibility index (Phi) is 6.90. The molecule has 0 heterocycles. The molecule has 6 nitrogen and oxygen atoms in total. The predicted octanol–water partition coefficient (Wildman–Crippen LogP) is 3.52. The van der Waals surface area contributed by atoms with Crippen LogP contribution in [0.25, 0.3) is 0 Å². The third kappa shape index (κ3) is 5.14. The van der Waals surface area contributed by atoms with Gasteiger partial charge in [-0.25, -0.2) is 12.8 Å². The number of nitrogens with zero attached hydrogens (tertiary/aromatic N) is 1. The van der Waals surface area contributed by atoms with E-state index in [2.05, 4.69) is 5.32 Å². The Balaban J connectivity index is 2.27. The van der Waals surface area contributed by atoms with Crippen molar-refractivity contribution < 1.29 is 22.3 Å². The minimum Gasteiger partial charge on any atom is -0.495 e. The standard InChI is InChI=1S/C19H22ClFN2O4S/c1-12(14-5-7-15(21)8-6-14)22-19(24)13(2)23(28(4,25)26)16-9-10-18(27-3)17(20)11-16/h5-13H,1-4H3,(H,22,24). The number of carbonyl (C=O) groups is 1. The summed E-state index contributed by atoms with van der Waals surface area (Å²) in [5.41, 5.74) is 0.936. The van der Waals surface area contributed by atoms with Gasteiger partial charge in [-0.3, -0.25) is 9.10 Å². The van der Waals surface area contributed by atoms with Gasteiger partial charge in [-0.2, -0.15) is 0 Å².